The minimum absolute atomic E-state index is 0.0222. The summed E-state index contributed by atoms with van der Waals surface area (Å²) in [5, 5.41) is 8.62. The first-order chi connectivity index (χ1) is 6.72. The van der Waals surface area contributed by atoms with E-state index >= 15 is 0 Å². The molecule has 0 rings (SSSR count). The van der Waals surface area contributed by atoms with Crippen LogP contribution in [0.25, 0.3) is 0 Å². The average molecular weight is 218 g/mol. The number of ether oxygens (including phenoxy) is 2. The Bertz CT molecular complexity index is 195. The highest BCUT2D eigenvalue weighted by atomic mass is 16.5. The molecule has 15 heavy (non-hydrogen) atoms. The molecule has 4 heteroatoms. The molecule has 0 amide bonds. The van der Waals surface area contributed by atoms with Crippen molar-refractivity contribution < 1.29 is 19.4 Å². The van der Waals surface area contributed by atoms with Crippen LogP contribution in [0.3, 0.4) is 0 Å². The van der Waals surface area contributed by atoms with Crippen molar-refractivity contribution in [2.45, 2.75) is 46.3 Å². The van der Waals surface area contributed by atoms with Crippen molar-refractivity contribution in [1.29, 1.82) is 0 Å². The Morgan fingerprint density at radius 2 is 1.80 bits per heavy atom. The zero-order valence-corrected chi connectivity index (χ0v) is 10.2. The molecule has 0 aromatic heterocycles. The molecule has 0 fully saturated rings. The molecule has 0 aromatic rings. The highest BCUT2D eigenvalue weighted by Crippen LogP contribution is 2.10. The molecule has 0 saturated heterocycles. The molecule has 0 radical (unpaired) electrons. The molecule has 0 aliphatic heterocycles. The summed E-state index contributed by atoms with van der Waals surface area (Å²) in [7, 11) is 0. The standard InChI is InChI=1S/C11H22O4/c1-8(10(12)13)6-14-7-9(2)15-11(3,4)5/h8-9H,6-7H2,1-5H3,(H,12,13). The third kappa shape index (κ3) is 8.39. The quantitative estimate of drug-likeness (QED) is 0.740. The van der Waals surface area contributed by atoms with E-state index in [1.54, 1.807) is 6.92 Å². The van der Waals surface area contributed by atoms with Crippen LogP contribution in [-0.4, -0.2) is 36.0 Å². The zero-order valence-electron chi connectivity index (χ0n) is 10.2. The smallest absolute Gasteiger partial charge is 0.308 e. The second-order valence-corrected chi connectivity index (χ2v) is 4.82. The maximum absolute atomic E-state index is 10.5. The number of carbonyl (C=O) groups is 1. The van der Waals surface area contributed by atoms with Crippen LogP contribution in [0, 0.1) is 5.92 Å². The Balaban J connectivity index is 3.64. The lowest BCUT2D eigenvalue weighted by Crippen LogP contribution is -2.29. The minimum atomic E-state index is -0.834. The van der Waals surface area contributed by atoms with Crippen LogP contribution in [0.1, 0.15) is 34.6 Å². The molecule has 0 bridgehead atoms. The van der Waals surface area contributed by atoms with E-state index < -0.39 is 11.9 Å². The summed E-state index contributed by atoms with van der Waals surface area (Å²) in [6, 6.07) is 0. The van der Waals surface area contributed by atoms with Crippen LogP contribution in [0.5, 0.6) is 0 Å². The molecule has 0 aliphatic rings. The van der Waals surface area contributed by atoms with Crippen molar-refractivity contribution >= 4 is 5.97 Å². The van der Waals surface area contributed by atoms with E-state index in [0.717, 1.165) is 0 Å². The van der Waals surface area contributed by atoms with Crippen LogP contribution in [0.15, 0.2) is 0 Å². The number of aliphatic carboxylic acids is 1. The number of hydrogen-bond acceptors (Lipinski definition) is 3. The highest BCUT2D eigenvalue weighted by molar-refractivity contribution is 5.69. The number of rotatable bonds is 6. The van der Waals surface area contributed by atoms with Crippen LogP contribution in [0.2, 0.25) is 0 Å². The van der Waals surface area contributed by atoms with Crippen molar-refractivity contribution in [3.05, 3.63) is 0 Å². The number of hydrogen-bond donors (Lipinski definition) is 1. The first-order valence-electron chi connectivity index (χ1n) is 5.20. The molecule has 0 aliphatic carbocycles. The Morgan fingerprint density at radius 3 is 2.20 bits per heavy atom. The topological polar surface area (TPSA) is 55.8 Å². The largest absolute Gasteiger partial charge is 0.481 e. The maximum atomic E-state index is 10.5. The van der Waals surface area contributed by atoms with Gasteiger partial charge in [0.1, 0.15) is 0 Å². The fourth-order valence-corrected chi connectivity index (χ4v) is 1.12. The van der Waals surface area contributed by atoms with E-state index in [4.69, 9.17) is 14.6 Å². The van der Waals surface area contributed by atoms with Crippen LogP contribution < -0.4 is 0 Å². The molecule has 0 spiro atoms. The van der Waals surface area contributed by atoms with Crippen molar-refractivity contribution in [3.63, 3.8) is 0 Å². The van der Waals surface area contributed by atoms with Gasteiger partial charge in [-0.1, -0.05) is 0 Å². The third-order valence-electron chi connectivity index (χ3n) is 1.70. The van der Waals surface area contributed by atoms with Crippen molar-refractivity contribution in [1.82, 2.24) is 0 Å². The zero-order chi connectivity index (χ0) is 12.1. The molecule has 2 atom stereocenters. The predicted molar refractivity (Wildman–Crippen MR) is 57.9 cm³/mol. The monoisotopic (exact) mass is 218 g/mol. The molecule has 2 unspecified atom stereocenters. The Morgan fingerprint density at radius 1 is 1.27 bits per heavy atom. The van der Waals surface area contributed by atoms with Crippen LogP contribution in [0.4, 0.5) is 0 Å². The second-order valence-electron chi connectivity index (χ2n) is 4.82. The Kier molecular flexibility index (Phi) is 5.83. The van der Waals surface area contributed by atoms with Gasteiger partial charge in [-0.3, -0.25) is 4.79 Å². The molecular weight excluding hydrogens is 196 g/mol. The van der Waals surface area contributed by atoms with Gasteiger partial charge in [-0.25, -0.2) is 0 Å². The number of carboxylic acids is 1. The van der Waals surface area contributed by atoms with Crippen molar-refractivity contribution in [3.8, 4) is 0 Å². The summed E-state index contributed by atoms with van der Waals surface area (Å²) in [5.74, 6) is -1.30. The minimum Gasteiger partial charge on any atom is -0.481 e. The van der Waals surface area contributed by atoms with E-state index in [9.17, 15) is 4.79 Å². The first-order valence-corrected chi connectivity index (χ1v) is 5.20. The van der Waals surface area contributed by atoms with Gasteiger partial charge in [0.15, 0.2) is 0 Å². The molecule has 90 valence electrons. The summed E-state index contributed by atoms with van der Waals surface area (Å²) in [4.78, 5) is 10.5. The summed E-state index contributed by atoms with van der Waals surface area (Å²) in [5.41, 5.74) is -0.193. The van der Waals surface area contributed by atoms with E-state index in [0.29, 0.717) is 6.61 Å². The lowest BCUT2D eigenvalue weighted by atomic mass is 10.2. The molecule has 0 aromatic carbocycles. The van der Waals surface area contributed by atoms with Crippen molar-refractivity contribution in [2.24, 2.45) is 5.92 Å². The van der Waals surface area contributed by atoms with Gasteiger partial charge in [0.2, 0.25) is 0 Å². The summed E-state index contributed by atoms with van der Waals surface area (Å²) in [6.45, 7) is 10.1. The predicted octanol–water partition coefficient (Wildman–Crippen LogP) is 1.93. The van der Waals surface area contributed by atoms with E-state index in [1.165, 1.54) is 0 Å². The van der Waals surface area contributed by atoms with Gasteiger partial charge in [-0.15, -0.1) is 0 Å². The Labute approximate surface area is 91.6 Å². The molecule has 4 nitrogen and oxygen atoms in total. The van der Waals surface area contributed by atoms with Gasteiger partial charge >= 0.3 is 5.97 Å². The fourth-order valence-electron chi connectivity index (χ4n) is 1.12. The SMILES string of the molecule is CC(COCC(C)C(=O)O)OC(C)(C)C. The van der Waals surface area contributed by atoms with E-state index in [2.05, 4.69) is 0 Å². The van der Waals surface area contributed by atoms with Gasteiger partial charge in [-0.05, 0) is 34.6 Å². The maximum Gasteiger partial charge on any atom is 0.308 e. The second kappa shape index (κ2) is 6.08. The Hall–Kier alpha value is -0.610. The fraction of sp³-hybridized carbons (Fsp3) is 0.909. The normalized spacial score (nSPS) is 16.1. The van der Waals surface area contributed by atoms with Crippen LogP contribution >= 0.6 is 0 Å². The highest BCUT2D eigenvalue weighted by Gasteiger charge is 2.16. The lowest BCUT2D eigenvalue weighted by molar-refractivity contribution is -0.144. The summed E-state index contributed by atoms with van der Waals surface area (Å²) < 4.78 is 10.9. The van der Waals surface area contributed by atoms with Gasteiger partial charge in [0.25, 0.3) is 0 Å². The lowest BCUT2D eigenvalue weighted by Gasteiger charge is -2.25. The van der Waals surface area contributed by atoms with E-state index in [1.807, 2.05) is 27.7 Å². The summed E-state index contributed by atoms with van der Waals surface area (Å²) >= 11 is 0. The van der Waals surface area contributed by atoms with Gasteiger partial charge < -0.3 is 14.6 Å². The molecular formula is C11H22O4. The number of carboxylic acid groups (broad SMARTS) is 1. The molecule has 0 saturated carbocycles. The van der Waals surface area contributed by atoms with Gasteiger partial charge in [0.05, 0.1) is 30.8 Å². The van der Waals surface area contributed by atoms with Crippen LogP contribution in [-0.2, 0) is 14.3 Å². The molecule has 0 heterocycles. The average Bonchev–Trinajstić information content (AvgIpc) is 2.00. The van der Waals surface area contributed by atoms with E-state index in [-0.39, 0.29) is 18.3 Å². The first kappa shape index (κ1) is 14.4. The summed E-state index contributed by atoms with van der Waals surface area (Å²) in [6.07, 6.45) is -0.0222. The van der Waals surface area contributed by atoms with Gasteiger partial charge in [-0.2, -0.15) is 0 Å². The van der Waals surface area contributed by atoms with Crippen molar-refractivity contribution in [2.75, 3.05) is 13.2 Å². The third-order valence-corrected chi connectivity index (χ3v) is 1.70. The molecule has 1 N–H and O–H groups in total. The van der Waals surface area contributed by atoms with Gasteiger partial charge in [0, 0.05) is 0 Å².